The first kappa shape index (κ1) is 23.3. The molecule has 3 aromatic rings. The molecule has 0 aliphatic carbocycles. The molecule has 0 saturated heterocycles. The number of amides is 1. The molecule has 1 heterocycles. The normalized spacial score (nSPS) is 12.1. The molecule has 0 radical (unpaired) electrons. The van der Waals surface area contributed by atoms with E-state index in [0.29, 0.717) is 22.6 Å². The van der Waals surface area contributed by atoms with Gasteiger partial charge in [0, 0.05) is 17.9 Å². The molecule has 1 amide bonds. The van der Waals surface area contributed by atoms with Crippen LogP contribution in [0.3, 0.4) is 0 Å². The third-order valence-corrected chi connectivity index (χ3v) is 6.49. The Morgan fingerprint density at radius 1 is 1.09 bits per heavy atom. The second-order valence-corrected chi connectivity index (χ2v) is 9.29. The van der Waals surface area contributed by atoms with Crippen LogP contribution in [-0.4, -0.2) is 25.4 Å². The Morgan fingerprint density at radius 3 is 2.47 bits per heavy atom. The van der Waals surface area contributed by atoms with Gasteiger partial charge in [-0.15, -0.1) is 0 Å². The van der Waals surface area contributed by atoms with Gasteiger partial charge in [-0.1, -0.05) is 24.6 Å². The number of anilines is 1. The number of rotatable bonds is 8. The standard InChI is InChI=1S/C24H27N3O4S/c1-5-18(4)26-23(28)21-7-6-14-25-24(21)31-20-11-9-19(10-12-20)27-32(29,30)22-13-8-16(2)15-17(22)3/h6-15,18,27H,5H2,1-4H3,(H,26,28). The third kappa shape index (κ3) is 5.64. The van der Waals surface area contributed by atoms with Gasteiger partial charge in [-0.3, -0.25) is 9.52 Å². The van der Waals surface area contributed by atoms with Crippen LogP contribution in [0.25, 0.3) is 0 Å². The molecular formula is C24H27N3O4S. The molecule has 32 heavy (non-hydrogen) atoms. The molecule has 0 fully saturated rings. The molecule has 1 atom stereocenters. The molecule has 1 aromatic heterocycles. The summed E-state index contributed by atoms with van der Waals surface area (Å²) >= 11 is 0. The smallest absolute Gasteiger partial charge is 0.262 e. The zero-order valence-corrected chi connectivity index (χ0v) is 19.4. The van der Waals surface area contributed by atoms with Crippen molar-refractivity contribution in [1.82, 2.24) is 10.3 Å². The molecule has 3 rings (SSSR count). The lowest BCUT2D eigenvalue weighted by molar-refractivity contribution is 0.0936. The maximum atomic E-state index is 12.7. The Morgan fingerprint density at radius 2 is 1.81 bits per heavy atom. The van der Waals surface area contributed by atoms with Crippen LogP contribution >= 0.6 is 0 Å². The number of pyridine rings is 1. The maximum Gasteiger partial charge on any atom is 0.262 e. The maximum absolute atomic E-state index is 12.7. The van der Waals surface area contributed by atoms with Crippen molar-refractivity contribution in [2.45, 2.75) is 45.1 Å². The van der Waals surface area contributed by atoms with E-state index in [1.54, 1.807) is 61.7 Å². The highest BCUT2D eigenvalue weighted by molar-refractivity contribution is 7.92. The Hall–Kier alpha value is -3.39. The van der Waals surface area contributed by atoms with Gasteiger partial charge in [-0.05, 0) is 75.2 Å². The molecule has 0 aliphatic rings. The number of nitrogens with one attached hydrogen (secondary N) is 2. The van der Waals surface area contributed by atoms with E-state index in [2.05, 4.69) is 15.0 Å². The Balaban J connectivity index is 1.75. The number of carbonyl (C=O) groups is 1. The Kier molecular flexibility index (Phi) is 7.15. The summed E-state index contributed by atoms with van der Waals surface area (Å²) in [6.45, 7) is 7.59. The van der Waals surface area contributed by atoms with Crippen molar-refractivity contribution in [2.24, 2.45) is 0 Å². The first-order chi connectivity index (χ1) is 15.2. The number of aryl methyl sites for hydroxylation is 2. The minimum absolute atomic E-state index is 0.0278. The summed E-state index contributed by atoms with van der Waals surface area (Å²) in [5.74, 6) is 0.341. The number of hydrogen-bond acceptors (Lipinski definition) is 5. The fourth-order valence-electron chi connectivity index (χ4n) is 3.06. The van der Waals surface area contributed by atoms with Crippen LogP contribution < -0.4 is 14.8 Å². The van der Waals surface area contributed by atoms with Crippen LogP contribution in [0.5, 0.6) is 11.6 Å². The summed E-state index contributed by atoms with van der Waals surface area (Å²) in [5, 5.41) is 2.89. The van der Waals surface area contributed by atoms with Crippen molar-refractivity contribution in [3.63, 3.8) is 0 Å². The molecule has 7 nitrogen and oxygen atoms in total. The van der Waals surface area contributed by atoms with E-state index in [1.165, 1.54) is 0 Å². The first-order valence-electron chi connectivity index (χ1n) is 10.3. The topological polar surface area (TPSA) is 97.4 Å². The lowest BCUT2D eigenvalue weighted by Crippen LogP contribution is -2.32. The number of hydrogen-bond donors (Lipinski definition) is 2. The number of benzene rings is 2. The molecule has 168 valence electrons. The predicted octanol–water partition coefficient (Wildman–Crippen LogP) is 4.82. The van der Waals surface area contributed by atoms with E-state index in [0.717, 1.165) is 12.0 Å². The number of ether oxygens (including phenoxy) is 1. The zero-order valence-electron chi connectivity index (χ0n) is 18.5. The van der Waals surface area contributed by atoms with Gasteiger partial charge in [0.2, 0.25) is 5.88 Å². The number of carbonyl (C=O) groups excluding carboxylic acids is 1. The highest BCUT2D eigenvalue weighted by Crippen LogP contribution is 2.26. The summed E-state index contributed by atoms with van der Waals surface area (Å²) in [6.07, 6.45) is 2.35. The van der Waals surface area contributed by atoms with E-state index in [9.17, 15) is 13.2 Å². The molecule has 1 unspecified atom stereocenters. The average molecular weight is 454 g/mol. The SMILES string of the molecule is CCC(C)NC(=O)c1cccnc1Oc1ccc(NS(=O)(=O)c2ccc(C)cc2C)cc1. The predicted molar refractivity (Wildman–Crippen MR) is 125 cm³/mol. The largest absolute Gasteiger partial charge is 0.438 e. The minimum atomic E-state index is -3.72. The molecule has 2 aromatic carbocycles. The molecular weight excluding hydrogens is 426 g/mol. The summed E-state index contributed by atoms with van der Waals surface area (Å²) in [5.41, 5.74) is 2.39. The van der Waals surface area contributed by atoms with E-state index >= 15 is 0 Å². The van der Waals surface area contributed by atoms with Crippen molar-refractivity contribution in [2.75, 3.05) is 4.72 Å². The van der Waals surface area contributed by atoms with Crippen molar-refractivity contribution < 1.29 is 17.9 Å². The monoisotopic (exact) mass is 453 g/mol. The van der Waals surface area contributed by atoms with Gasteiger partial charge < -0.3 is 10.1 Å². The van der Waals surface area contributed by atoms with E-state index in [4.69, 9.17) is 4.74 Å². The molecule has 8 heteroatoms. The van der Waals surface area contributed by atoms with Gasteiger partial charge in [0.25, 0.3) is 15.9 Å². The van der Waals surface area contributed by atoms with Gasteiger partial charge in [0.05, 0.1) is 4.90 Å². The van der Waals surface area contributed by atoms with Gasteiger partial charge in [-0.2, -0.15) is 0 Å². The Labute approximate surface area is 188 Å². The number of aromatic nitrogens is 1. The van der Waals surface area contributed by atoms with E-state index in [1.807, 2.05) is 26.8 Å². The molecule has 2 N–H and O–H groups in total. The zero-order chi connectivity index (χ0) is 23.3. The van der Waals surface area contributed by atoms with Crippen LogP contribution in [0.2, 0.25) is 0 Å². The second-order valence-electron chi connectivity index (χ2n) is 7.64. The fourth-order valence-corrected chi connectivity index (χ4v) is 4.35. The second kappa shape index (κ2) is 9.82. The van der Waals surface area contributed by atoms with Gasteiger partial charge in [0.15, 0.2) is 0 Å². The van der Waals surface area contributed by atoms with Crippen LogP contribution in [0.1, 0.15) is 41.8 Å². The molecule has 0 bridgehead atoms. The molecule has 0 saturated carbocycles. The third-order valence-electron chi connectivity index (χ3n) is 4.95. The highest BCUT2D eigenvalue weighted by Gasteiger charge is 2.18. The van der Waals surface area contributed by atoms with Gasteiger partial charge in [0.1, 0.15) is 11.3 Å². The lowest BCUT2D eigenvalue weighted by atomic mass is 10.2. The van der Waals surface area contributed by atoms with Crippen LogP contribution in [0.15, 0.2) is 65.7 Å². The van der Waals surface area contributed by atoms with Crippen molar-refractivity contribution in [1.29, 1.82) is 0 Å². The number of nitrogens with zero attached hydrogens (tertiary/aromatic N) is 1. The average Bonchev–Trinajstić information content (AvgIpc) is 2.74. The summed E-state index contributed by atoms with van der Waals surface area (Å²) in [6, 6.07) is 15.0. The van der Waals surface area contributed by atoms with Gasteiger partial charge in [-0.25, -0.2) is 13.4 Å². The van der Waals surface area contributed by atoms with Crippen LogP contribution in [0.4, 0.5) is 5.69 Å². The van der Waals surface area contributed by atoms with E-state index < -0.39 is 10.0 Å². The fraction of sp³-hybridized carbons (Fsp3) is 0.250. The van der Waals surface area contributed by atoms with Crippen molar-refractivity contribution in [3.05, 3.63) is 77.5 Å². The molecule has 0 aliphatic heterocycles. The van der Waals surface area contributed by atoms with Crippen molar-refractivity contribution in [3.8, 4) is 11.6 Å². The summed E-state index contributed by atoms with van der Waals surface area (Å²) in [4.78, 5) is 16.9. The quantitative estimate of drug-likeness (QED) is 0.510. The summed E-state index contributed by atoms with van der Waals surface area (Å²) in [7, 11) is -3.72. The van der Waals surface area contributed by atoms with Crippen LogP contribution in [-0.2, 0) is 10.0 Å². The van der Waals surface area contributed by atoms with Gasteiger partial charge >= 0.3 is 0 Å². The van der Waals surface area contributed by atoms with Crippen LogP contribution in [0, 0.1) is 13.8 Å². The Bertz CT molecular complexity index is 1210. The summed E-state index contributed by atoms with van der Waals surface area (Å²) < 4.78 is 33.9. The lowest BCUT2D eigenvalue weighted by Gasteiger charge is -2.14. The minimum Gasteiger partial charge on any atom is -0.438 e. The first-order valence-corrected chi connectivity index (χ1v) is 11.8. The molecule has 0 spiro atoms. The number of sulfonamides is 1. The van der Waals surface area contributed by atoms with E-state index in [-0.39, 0.29) is 22.7 Å². The highest BCUT2D eigenvalue weighted by atomic mass is 32.2. The van der Waals surface area contributed by atoms with Crippen molar-refractivity contribution >= 4 is 21.6 Å².